The number of hydrogen-bond acceptors (Lipinski definition) is 3. The van der Waals surface area contributed by atoms with Gasteiger partial charge in [0.2, 0.25) is 5.91 Å². The summed E-state index contributed by atoms with van der Waals surface area (Å²) >= 11 is 0. The summed E-state index contributed by atoms with van der Waals surface area (Å²) in [5, 5.41) is 12.1. The Kier molecular flexibility index (Phi) is 4.46. The number of nitrogens with one attached hydrogen (secondary N) is 1. The maximum absolute atomic E-state index is 12.8. The third-order valence-electron chi connectivity index (χ3n) is 4.55. The Hall–Kier alpha value is -1.08. The van der Waals surface area contributed by atoms with Gasteiger partial charge in [-0.2, -0.15) is 5.26 Å². The third kappa shape index (κ3) is 3.09. The molecule has 4 nitrogen and oxygen atoms in total. The summed E-state index contributed by atoms with van der Waals surface area (Å²) in [4.78, 5) is 14.9. The zero-order valence-electron chi connectivity index (χ0n) is 12.1. The van der Waals surface area contributed by atoms with Gasteiger partial charge in [0.25, 0.3) is 0 Å². The quantitative estimate of drug-likeness (QED) is 0.831. The van der Waals surface area contributed by atoms with Crippen LogP contribution in [0.4, 0.5) is 0 Å². The molecule has 106 valence electrons. The third-order valence-corrected chi connectivity index (χ3v) is 4.55. The summed E-state index contributed by atoms with van der Waals surface area (Å²) in [5.41, 5.74) is -0.101. The number of carbonyl (C=O) groups excluding carboxylic acids is 1. The van der Waals surface area contributed by atoms with E-state index in [2.05, 4.69) is 30.1 Å². The molecule has 1 amide bonds. The molecule has 0 spiro atoms. The molecule has 4 heteroatoms. The van der Waals surface area contributed by atoms with Crippen molar-refractivity contribution in [2.75, 3.05) is 6.54 Å². The molecular formula is C15H25N3O. The molecule has 0 radical (unpaired) electrons. The van der Waals surface area contributed by atoms with Crippen LogP contribution in [0.25, 0.3) is 0 Å². The van der Waals surface area contributed by atoms with Crippen molar-refractivity contribution in [1.82, 2.24) is 10.2 Å². The van der Waals surface area contributed by atoms with E-state index in [1.165, 1.54) is 19.3 Å². The highest BCUT2D eigenvalue weighted by Crippen LogP contribution is 2.32. The molecule has 1 atom stereocenters. The molecule has 2 rings (SSSR count). The van der Waals surface area contributed by atoms with Gasteiger partial charge >= 0.3 is 0 Å². The van der Waals surface area contributed by atoms with Gasteiger partial charge in [0.15, 0.2) is 0 Å². The first kappa shape index (κ1) is 14.3. The van der Waals surface area contributed by atoms with Crippen molar-refractivity contribution in [1.29, 1.82) is 5.26 Å². The number of nitrogens with zero attached hydrogens (tertiary/aromatic N) is 2. The number of rotatable bonds is 2. The highest BCUT2D eigenvalue weighted by Gasteiger charge is 2.41. The maximum atomic E-state index is 12.8. The first-order chi connectivity index (χ1) is 9.06. The normalized spacial score (nSPS) is 28.8. The van der Waals surface area contributed by atoms with Crippen molar-refractivity contribution in [2.45, 2.75) is 76.4 Å². The number of carbonyl (C=O) groups is 1. The van der Waals surface area contributed by atoms with Crippen LogP contribution in [0, 0.1) is 11.3 Å². The van der Waals surface area contributed by atoms with E-state index in [4.69, 9.17) is 5.26 Å². The van der Waals surface area contributed by atoms with Crippen molar-refractivity contribution >= 4 is 5.91 Å². The van der Waals surface area contributed by atoms with Gasteiger partial charge in [-0.1, -0.05) is 19.3 Å². The molecule has 19 heavy (non-hydrogen) atoms. The summed E-state index contributed by atoms with van der Waals surface area (Å²) in [7, 11) is 0. The van der Waals surface area contributed by atoms with Gasteiger partial charge in [-0.15, -0.1) is 0 Å². The van der Waals surface area contributed by atoms with Crippen LogP contribution in [0.2, 0.25) is 0 Å². The number of hydrogen-bond donors (Lipinski definition) is 1. The predicted octanol–water partition coefficient (Wildman–Crippen LogP) is 2.20. The molecular weight excluding hydrogens is 238 g/mol. The maximum Gasteiger partial charge on any atom is 0.241 e. The Morgan fingerprint density at radius 1 is 1.37 bits per heavy atom. The van der Waals surface area contributed by atoms with E-state index in [1.54, 1.807) is 0 Å². The molecule has 1 saturated heterocycles. The summed E-state index contributed by atoms with van der Waals surface area (Å²) in [6.07, 6.45) is 7.21. The Balaban J connectivity index is 2.22. The lowest BCUT2D eigenvalue weighted by Gasteiger charge is -2.45. The topological polar surface area (TPSA) is 56.1 Å². The van der Waals surface area contributed by atoms with Crippen molar-refractivity contribution in [2.24, 2.45) is 0 Å². The molecule has 1 unspecified atom stereocenters. The van der Waals surface area contributed by atoms with E-state index in [-0.39, 0.29) is 23.9 Å². The first-order valence-corrected chi connectivity index (χ1v) is 7.50. The van der Waals surface area contributed by atoms with Crippen LogP contribution in [0.1, 0.15) is 58.8 Å². The zero-order valence-corrected chi connectivity index (χ0v) is 12.1. The second-order valence-electron chi connectivity index (χ2n) is 6.43. The van der Waals surface area contributed by atoms with Crippen molar-refractivity contribution < 1.29 is 4.79 Å². The lowest BCUT2D eigenvalue weighted by atomic mass is 9.88. The summed E-state index contributed by atoms with van der Waals surface area (Å²) in [6.45, 7) is 5.14. The smallest absolute Gasteiger partial charge is 0.241 e. The second kappa shape index (κ2) is 5.92. The van der Waals surface area contributed by atoms with Crippen molar-refractivity contribution in [3.63, 3.8) is 0 Å². The van der Waals surface area contributed by atoms with Crippen molar-refractivity contribution in [3.05, 3.63) is 0 Å². The van der Waals surface area contributed by atoms with Gasteiger partial charge in [0.05, 0.1) is 18.5 Å². The average molecular weight is 263 g/mol. The van der Waals surface area contributed by atoms with Gasteiger partial charge in [-0.05, 0) is 39.7 Å². The van der Waals surface area contributed by atoms with Crippen LogP contribution in [-0.2, 0) is 4.79 Å². The Morgan fingerprint density at radius 3 is 2.68 bits per heavy atom. The van der Waals surface area contributed by atoms with E-state index in [9.17, 15) is 4.79 Å². The molecule has 0 bridgehead atoms. The molecule has 1 aliphatic heterocycles. The molecule has 2 aliphatic rings. The highest BCUT2D eigenvalue weighted by molar-refractivity contribution is 5.83. The zero-order chi connectivity index (χ0) is 13.9. The minimum Gasteiger partial charge on any atom is -0.333 e. The first-order valence-electron chi connectivity index (χ1n) is 7.50. The van der Waals surface area contributed by atoms with Crippen LogP contribution in [0.15, 0.2) is 0 Å². The van der Waals surface area contributed by atoms with Crippen LogP contribution in [0.5, 0.6) is 0 Å². The van der Waals surface area contributed by atoms with Gasteiger partial charge < -0.3 is 10.2 Å². The Morgan fingerprint density at radius 2 is 2.05 bits per heavy atom. The monoisotopic (exact) mass is 263 g/mol. The van der Waals surface area contributed by atoms with E-state index < -0.39 is 0 Å². The van der Waals surface area contributed by atoms with Gasteiger partial charge in [0.1, 0.15) is 0 Å². The fourth-order valence-corrected chi connectivity index (χ4v) is 3.49. The van der Waals surface area contributed by atoms with Crippen LogP contribution in [-0.4, -0.2) is 35.0 Å². The minimum absolute atomic E-state index is 0.101. The second-order valence-corrected chi connectivity index (χ2v) is 6.43. The molecule has 0 aromatic carbocycles. The Bertz CT molecular complexity index is 366. The lowest BCUT2D eigenvalue weighted by molar-refractivity contribution is -0.141. The highest BCUT2D eigenvalue weighted by atomic mass is 16.2. The predicted molar refractivity (Wildman–Crippen MR) is 74.4 cm³/mol. The van der Waals surface area contributed by atoms with Gasteiger partial charge in [0, 0.05) is 11.6 Å². The van der Waals surface area contributed by atoms with Crippen LogP contribution < -0.4 is 5.32 Å². The lowest BCUT2D eigenvalue weighted by Crippen LogP contribution is -2.56. The van der Waals surface area contributed by atoms with E-state index in [0.717, 1.165) is 25.8 Å². The molecule has 1 saturated carbocycles. The molecule has 0 aromatic rings. The van der Waals surface area contributed by atoms with E-state index >= 15 is 0 Å². The molecule has 0 aromatic heterocycles. The van der Waals surface area contributed by atoms with Crippen LogP contribution >= 0.6 is 0 Å². The summed E-state index contributed by atoms with van der Waals surface area (Å²) in [6, 6.07) is 2.20. The number of nitriles is 1. The molecule has 1 heterocycles. The van der Waals surface area contributed by atoms with E-state index in [1.807, 2.05) is 0 Å². The minimum atomic E-state index is -0.311. The SMILES string of the molecule is CC1(C)CCNC(CC#N)C(=O)N1C1CCCCC1. The molecule has 2 fully saturated rings. The van der Waals surface area contributed by atoms with Crippen LogP contribution in [0.3, 0.4) is 0 Å². The standard InChI is InChI=1S/C15H25N3O/c1-15(2)9-11-17-13(8-10-16)14(19)18(15)12-6-4-3-5-7-12/h12-13,17H,3-9,11H2,1-2H3. The molecule has 1 N–H and O–H groups in total. The van der Waals surface area contributed by atoms with Crippen molar-refractivity contribution in [3.8, 4) is 6.07 Å². The summed E-state index contributed by atoms with van der Waals surface area (Å²) in [5.74, 6) is 0.135. The fraction of sp³-hybridized carbons (Fsp3) is 0.867. The fourth-order valence-electron chi connectivity index (χ4n) is 3.49. The number of amides is 1. The Labute approximate surface area is 116 Å². The average Bonchev–Trinajstić information content (AvgIpc) is 2.48. The summed E-state index contributed by atoms with van der Waals surface area (Å²) < 4.78 is 0. The molecule has 1 aliphatic carbocycles. The van der Waals surface area contributed by atoms with Gasteiger partial charge in [-0.3, -0.25) is 4.79 Å². The van der Waals surface area contributed by atoms with E-state index in [0.29, 0.717) is 6.04 Å². The largest absolute Gasteiger partial charge is 0.333 e. The van der Waals surface area contributed by atoms with Gasteiger partial charge in [-0.25, -0.2) is 0 Å².